The van der Waals surface area contributed by atoms with Gasteiger partial charge in [0.2, 0.25) is 0 Å². The van der Waals surface area contributed by atoms with Gasteiger partial charge >= 0.3 is 11.9 Å². The molecule has 9 nitrogen and oxygen atoms in total. The summed E-state index contributed by atoms with van der Waals surface area (Å²) in [5.41, 5.74) is 7.52. The van der Waals surface area contributed by atoms with Crippen LogP contribution in [0.1, 0.15) is 72.6 Å². The predicted molar refractivity (Wildman–Crippen MR) is 119 cm³/mol. The monoisotopic (exact) mass is 439 g/mol. The van der Waals surface area contributed by atoms with Crippen molar-refractivity contribution in [2.45, 2.75) is 84.8 Å². The van der Waals surface area contributed by atoms with Gasteiger partial charge in [-0.2, -0.15) is 5.10 Å². The maximum atomic E-state index is 12.6. The van der Waals surface area contributed by atoms with Crippen LogP contribution in [-0.4, -0.2) is 43.1 Å². The maximum absolute atomic E-state index is 12.6. The zero-order valence-electron chi connectivity index (χ0n) is 19.5. The third kappa shape index (κ3) is 8.29. The summed E-state index contributed by atoms with van der Waals surface area (Å²) >= 11 is 0. The van der Waals surface area contributed by atoms with Crippen molar-refractivity contribution in [3.63, 3.8) is 0 Å². The quantitative estimate of drug-likeness (QED) is 0.140. The van der Waals surface area contributed by atoms with Crippen LogP contribution in [0.4, 0.5) is 0 Å². The van der Waals surface area contributed by atoms with Crippen LogP contribution in [0.3, 0.4) is 0 Å². The Hall–Kier alpha value is -1.87. The second kappa shape index (κ2) is 11.7. The molecule has 31 heavy (non-hydrogen) atoms. The summed E-state index contributed by atoms with van der Waals surface area (Å²) in [5.74, 6) is 6.98. The zero-order chi connectivity index (χ0) is 23.0. The summed E-state index contributed by atoms with van der Waals surface area (Å²) < 4.78 is 10.9. The lowest BCUT2D eigenvalue weighted by molar-refractivity contribution is -0.159. The van der Waals surface area contributed by atoms with Crippen LogP contribution in [0.15, 0.2) is 5.10 Å². The highest BCUT2D eigenvalue weighted by Gasteiger charge is 2.38. The molecule has 2 aliphatic rings. The molecule has 0 spiro atoms. The Labute approximate surface area is 186 Å². The predicted octanol–water partition coefficient (Wildman–Crippen LogP) is 1.81. The van der Waals surface area contributed by atoms with E-state index in [1.54, 1.807) is 0 Å². The maximum Gasteiger partial charge on any atom is 0.323 e. The number of carbonyl (C=O) groups is 2. The van der Waals surface area contributed by atoms with Gasteiger partial charge in [0, 0.05) is 12.8 Å². The highest BCUT2D eigenvalue weighted by atomic mass is 16.6. The fourth-order valence-electron chi connectivity index (χ4n) is 4.44. The van der Waals surface area contributed by atoms with Crippen LogP contribution < -0.4 is 22.4 Å². The van der Waals surface area contributed by atoms with E-state index in [4.69, 9.17) is 21.1 Å². The van der Waals surface area contributed by atoms with Gasteiger partial charge in [-0.3, -0.25) is 9.59 Å². The van der Waals surface area contributed by atoms with Crippen molar-refractivity contribution < 1.29 is 19.1 Å². The van der Waals surface area contributed by atoms with Gasteiger partial charge < -0.3 is 20.5 Å². The van der Waals surface area contributed by atoms with Crippen molar-refractivity contribution in [1.29, 1.82) is 0 Å². The number of rotatable bonds is 9. The van der Waals surface area contributed by atoms with E-state index in [-0.39, 0.29) is 30.7 Å². The van der Waals surface area contributed by atoms with Crippen LogP contribution in [0, 0.1) is 23.2 Å². The number of hydrogen-bond donors (Lipinski definition) is 4. The Morgan fingerprint density at radius 2 is 1.97 bits per heavy atom. The van der Waals surface area contributed by atoms with E-state index in [2.05, 4.69) is 16.0 Å². The molecule has 0 amide bonds. The zero-order valence-corrected chi connectivity index (χ0v) is 19.5. The van der Waals surface area contributed by atoms with Gasteiger partial charge in [-0.1, -0.05) is 6.42 Å². The first-order valence-electron chi connectivity index (χ1n) is 11.5. The molecule has 0 radical (unpaired) electrons. The molecule has 0 bridgehead atoms. The molecule has 0 aromatic rings. The van der Waals surface area contributed by atoms with Gasteiger partial charge in [-0.05, 0) is 77.7 Å². The number of esters is 2. The van der Waals surface area contributed by atoms with Crippen LogP contribution >= 0.6 is 0 Å². The number of nitrogens with two attached hydrogens (primary N) is 2. The third-order valence-electron chi connectivity index (χ3n) is 6.40. The van der Waals surface area contributed by atoms with Crippen LogP contribution in [0.2, 0.25) is 0 Å². The van der Waals surface area contributed by atoms with Crippen molar-refractivity contribution in [3.8, 4) is 0 Å². The van der Waals surface area contributed by atoms with E-state index >= 15 is 0 Å². The van der Waals surface area contributed by atoms with Gasteiger partial charge in [0.15, 0.2) is 0 Å². The lowest BCUT2D eigenvalue weighted by Gasteiger charge is -2.42. The molecule has 1 aliphatic carbocycles. The van der Waals surface area contributed by atoms with E-state index in [1.807, 2.05) is 27.7 Å². The summed E-state index contributed by atoms with van der Waals surface area (Å²) in [6.07, 6.45) is 6.21. The number of amidine groups is 1. The molecule has 2 fully saturated rings. The van der Waals surface area contributed by atoms with E-state index in [0.29, 0.717) is 30.0 Å². The third-order valence-corrected chi connectivity index (χ3v) is 6.40. The molecule has 2 rings (SSSR count). The number of hydrazine groups is 1. The SMILES string of the molecule is CC(CCOC(=O)C1CC2CC(CC/C(N)=N/NN)CCC2CN1)OC(=O)C(C)(C)C. The van der Waals surface area contributed by atoms with E-state index in [9.17, 15) is 9.59 Å². The van der Waals surface area contributed by atoms with E-state index in [1.165, 1.54) is 12.8 Å². The molecule has 0 aromatic heterocycles. The Balaban J connectivity index is 1.72. The molecule has 1 aliphatic heterocycles. The fourth-order valence-corrected chi connectivity index (χ4v) is 4.44. The second-order valence-electron chi connectivity index (χ2n) is 10.1. The minimum atomic E-state index is -0.537. The van der Waals surface area contributed by atoms with Gasteiger partial charge in [-0.25, -0.2) is 11.4 Å². The number of hydrogen-bond acceptors (Lipinski definition) is 8. The summed E-state index contributed by atoms with van der Waals surface area (Å²) in [6.45, 7) is 8.39. The Morgan fingerprint density at radius 1 is 1.23 bits per heavy atom. The van der Waals surface area contributed by atoms with Gasteiger partial charge in [0.05, 0.1) is 12.0 Å². The molecule has 1 heterocycles. The lowest BCUT2D eigenvalue weighted by Crippen LogP contribution is -2.50. The van der Waals surface area contributed by atoms with Crippen molar-refractivity contribution in [3.05, 3.63) is 0 Å². The first kappa shape index (κ1) is 25.4. The van der Waals surface area contributed by atoms with E-state index < -0.39 is 5.41 Å². The molecule has 0 aromatic carbocycles. The number of nitrogens with one attached hydrogen (secondary N) is 2. The standard InChI is InChI=1S/C22H41N5O4/c1-14(31-21(29)22(2,3)4)9-10-30-20(28)18-12-17-11-15(5-7-16(17)13-25-18)6-8-19(23)26-27-24/h14-18,25,27H,5-13,24H2,1-4H3,(H2,23,26). The average molecular weight is 440 g/mol. The number of hydrazone groups is 1. The number of ether oxygens (including phenoxy) is 2. The highest BCUT2D eigenvalue weighted by molar-refractivity contribution is 5.80. The molecular formula is C22H41N5O4. The Morgan fingerprint density at radius 3 is 2.65 bits per heavy atom. The molecule has 5 atom stereocenters. The molecule has 6 N–H and O–H groups in total. The highest BCUT2D eigenvalue weighted by Crippen LogP contribution is 2.40. The molecule has 5 unspecified atom stereocenters. The number of piperidine rings is 1. The number of nitrogens with zero attached hydrogens (tertiary/aromatic N) is 1. The van der Waals surface area contributed by atoms with Crippen LogP contribution in [0.5, 0.6) is 0 Å². The van der Waals surface area contributed by atoms with Crippen LogP contribution in [-0.2, 0) is 19.1 Å². The lowest BCUT2D eigenvalue weighted by atomic mass is 9.69. The normalized spacial score (nSPS) is 27.7. The van der Waals surface area contributed by atoms with Crippen molar-refractivity contribution >= 4 is 17.8 Å². The summed E-state index contributed by atoms with van der Waals surface area (Å²) in [5, 5.41) is 7.19. The second-order valence-corrected chi connectivity index (χ2v) is 10.1. The van der Waals surface area contributed by atoms with Gasteiger partial charge in [0.1, 0.15) is 18.0 Å². The first-order valence-corrected chi connectivity index (χ1v) is 11.5. The molecule has 1 saturated heterocycles. The topological polar surface area (TPSA) is 141 Å². The summed E-state index contributed by atoms with van der Waals surface area (Å²) in [7, 11) is 0. The number of carbonyl (C=O) groups excluding carboxylic acids is 2. The Kier molecular flexibility index (Phi) is 9.55. The molecular weight excluding hydrogens is 398 g/mol. The minimum absolute atomic E-state index is 0.208. The Bertz CT molecular complexity index is 634. The summed E-state index contributed by atoms with van der Waals surface area (Å²) in [6, 6.07) is -0.263. The van der Waals surface area contributed by atoms with E-state index in [0.717, 1.165) is 32.2 Å². The first-order chi connectivity index (χ1) is 14.6. The van der Waals surface area contributed by atoms with Crippen molar-refractivity contribution in [1.82, 2.24) is 10.9 Å². The fraction of sp³-hybridized carbons (Fsp3) is 0.864. The summed E-state index contributed by atoms with van der Waals surface area (Å²) in [4.78, 5) is 24.5. The smallest absolute Gasteiger partial charge is 0.323 e. The van der Waals surface area contributed by atoms with Gasteiger partial charge in [0.25, 0.3) is 0 Å². The molecule has 1 saturated carbocycles. The molecule has 178 valence electrons. The van der Waals surface area contributed by atoms with Crippen molar-refractivity contribution in [2.75, 3.05) is 13.2 Å². The van der Waals surface area contributed by atoms with Gasteiger partial charge in [-0.15, -0.1) is 0 Å². The molecule has 9 heteroatoms. The van der Waals surface area contributed by atoms with Crippen LogP contribution in [0.25, 0.3) is 0 Å². The average Bonchev–Trinajstić information content (AvgIpc) is 2.71. The number of fused-ring (bicyclic) bond motifs is 1. The minimum Gasteiger partial charge on any atom is -0.464 e. The largest absolute Gasteiger partial charge is 0.464 e. The van der Waals surface area contributed by atoms with Crippen molar-refractivity contribution in [2.24, 2.45) is 39.8 Å².